The molecule has 0 saturated carbocycles. The molecule has 2 aromatic carbocycles. The van der Waals surface area contributed by atoms with E-state index in [4.69, 9.17) is 10.2 Å². The van der Waals surface area contributed by atoms with Crippen LogP contribution in [0.4, 0.5) is 17.5 Å². The third kappa shape index (κ3) is 5.22. The Morgan fingerprint density at radius 2 is 2.00 bits per heavy atom. The molecule has 162 valence electrons. The van der Waals surface area contributed by atoms with E-state index in [2.05, 4.69) is 33.5 Å². The Balaban J connectivity index is 1.49. The van der Waals surface area contributed by atoms with Crippen LogP contribution in [0.1, 0.15) is 41.4 Å². The number of amides is 1. The lowest BCUT2D eigenvalue weighted by Gasteiger charge is -2.20. The largest absolute Gasteiger partial charge is 0.354 e. The highest BCUT2D eigenvalue weighted by Gasteiger charge is 2.26. The zero-order chi connectivity index (χ0) is 22.3. The van der Waals surface area contributed by atoms with Crippen molar-refractivity contribution < 1.29 is 4.79 Å². The molecule has 7 nitrogen and oxygen atoms in total. The number of nitrogens with zero attached hydrogens (tertiary/aromatic N) is 4. The predicted octanol–water partition coefficient (Wildman–Crippen LogP) is 4.05. The van der Waals surface area contributed by atoms with Gasteiger partial charge in [-0.3, -0.25) is 4.79 Å². The molecule has 1 fully saturated rings. The summed E-state index contributed by atoms with van der Waals surface area (Å²) in [6.45, 7) is 3.63. The molecule has 32 heavy (non-hydrogen) atoms. The van der Waals surface area contributed by atoms with E-state index in [1.807, 2.05) is 48.5 Å². The van der Waals surface area contributed by atoms with Gasteiger partial charge in [0.25, 0.3) is 5.91 Å². The van der Waals surface area contributed by atoms with Gasteiger partial charge in [-0.05, 0) is 43.2 Å². The minimum Gasteiger partial charge on any atom is -0.354 e. The van der Waals surface area contributed by atoms with Crippen LogP contribution in [0.3, 0.4) is 0 Å². The number of nitrogens with one attached hydrogen (secondary N) is 2. The summed E-state index contributed by atoms with van der Waals surface area (Å²) in [4.78, 5) is 24.1. The van der Waals surface area contributed by atoms with E-state index in [9.17, 15) is 4.79 Å². The summed E-state index contributed by atoms with van der Waals surface area (Å²) in [6, 6.07) is 20.8. The average molecular weight is 427 g/mol. The van der Waals surface area contributed by atoms with Gasteiger partial charge in [0.05, 0.1) is 11.6 Å². The lowest BCUT2D eigenvalue weighted by Crippen LogP contribution is -2.37. The Morgan fingerprint density at radius 3 is 2.78 bits per heavy atom. The molecule has 1 saturated heterocycles. The summed E-state index contributed by atoms with van der Waals surface area (Å²) in [6.07, 6.45) is 2.69. The fourth-order valence-electron chi connectivity index (χ4n) is 3.83. The van der Waals surface area contributed by atoms with Gasteiger partial charge in [-0.15, -0.1) is 0 Å². The van der Waals surface area contributed by atoms with Crippen molar-refractivity contribution in [2.75, 3.05) is 23.3 Å². The van der Waals surface area contributed by atoms with Crippen molar-refractivity contribution in [2.45, 2.75) is 32.2 Å². The highest BCUT2D eigenvalue weighted by Crippen LogP contribution is 2.23. The number of anilines is 3. The number of nitriles is 1. The van der Waals surface area contributed by atoms with Crippen molar-refractivity contribution in [1.82, 2.24) is 15.3 Å². The fourth-order valence-corrected chi connectivity index (χ4v) is 3.83. The summed E-state index contributed by atoms with van der Waals surface area (Å²) >= 11 is 0. The normalized spacial score (nSPS) is 15.2. The number of aryl methyl sites for hydroxylation is 1. The minimum absolute atomic E-state index is 0.0495. The van der Waals surface area contributed by atoms with Crippen LogP contribution in [0.25, 0.3) is 0 Å². The van der Waals surface area contributed by atoms with Crippen LogP contribution in [0, 0.1) is 11.3 Å². The Morgan fingerprint density at radius 1 is 1.16 bits per heavy atom. The second-order valence-electron chi connectivity index (χ2n) is 7.88. The zero-order valence-corrected chi connectivity index (χ0v) is 18.1. The minimum atomic E-state index is -0.0495. The van der Waals surface area contributed by atoms with Gasteiger partial charge in [-0.25, -0.2) is 4.98 Å². The van der Waals surface area contributed by atoms with Crippen LogP contribution in [0.2, 0.25) is 0 Å². The molecule has 7 heteroatoms. The number of benzene rings is 2. The number of hydrogen-bond acceptors (Lipinski definition) is 6. The molecule has 2 N–H and O–H groups in total. The van der Waals surface area contributed by atoms with E-state index < -0.39 is 0 Å². The number of rotatable bonds is 7. The van der Waals surface area contributed by atoms with Gasteiger partial charge in [0, 0.05) is 42.1 Å². The second-order valence-corrected chi connectivity index (χ2v) is 7.88. The summed E-state index contributed by atoms with van der Waals surface area (Å²) < 4.78 is 0. The first-order chi connectivity index (χ1) is 15.6. The SMILES string of the molecule is CCCc1cc(N2CCC(NC(=O)c3ccccc3)C2)nc(Nc2cccc(C#N)c2)n1. The molecule has 1 aliphatic heterocycles. The molecule has 4 rings (SSSR count). The lowest BCUT2D eigenvalue weighted by molar-refractivity contribution is 0.0940. The summed E-state index contributed by atoms with van der Waals surface area (Å²) in [5.41, 5.74) is 2.99. The smallest absolute Gasteiger partial charge is 0.251 e. The molecule has 0 aliphatic carbocycles. The van der Waals surface area contributed by atoms with Crippen molar-refractivity contribution in [3.8, 4) is 6.07 Å². The molecule has 1 aromatic heterocycles. The number of carbonyl (C=O) groups excluding carboxylic acids is 1. The monoisotopic (exact) mass is 426 g/mol. The lowest BCUT2D eigenvalue weighted by atomic mass is 10.2. The van der Waals surface area contributed by atoms with Crippen LogP contribution in [-0.2, 0) is 6.42 Å². The van der Waals surface area contributed by atoms with E-state index in [1.165, 1.54) is 0 Å². The maximum atomic E-state index is 12.5. The highest BCUT2D eigenvalue weighted by atomic mass is 16.1. The first kappa shape index (κ1) is 21.3. The summed E-state index contributed by atoms with van der Waals surface area (Å²) in [7, 11) is 0. The average Bonchev–Trinajstić information content (AvgIpc) is 3.28. The van der Waals surface area contributed by atoms with Crippen LogP contribution in [-0.4, -0.2) is 35.0 Å². The van der Waals surface area contributed by atoms with Gasteiger partial charge in [0.2, 0.25) is 5.95 Å². The van der Waals surface area contributed by atoms with E-state index in [0.29, 0.717) is 23.6 Å². The summed E-state index contributed by atoms with van der Waals surface area (Å²) in [5.74, 6) is 1.31. The Bertz CT molecular complexity index is 1120. The van der Waals surface area contributed by atoms with E-state index in [0.717, 1.165) is 43.0 Å². The van der Waals surface area contributed by atoms with Crippen molar-refractivity contribution in [3.05, 3.63) is 77.5 Å². The first-order valence-corrected chi connectivity index (χ1v) is 10.9. The van der Waals surface area contributed by atoms with Crippen molar-refractivity contribution in [3.63, 3.8) is 0 Å². The Hall–Kier alpha value is -3.92. The van der Waals surface area contributed by atoms with Crippen molar-refractivity contribution >= 4 is 23.4 Å². The summed E-state index contributed by atoms with van der Waals surface area (Å²) in [5, 5.41) is 15.5. The first-order valence-electron chi connectivity index (χ1n) is 10.9. The molecular weight excluding hydrogens is 400 g/mol. The number of aromatic nitrogens is 2. The van der Waals surface area contributed by atoms with Crippen LogP contribution in [0.15, 0.2) is 60.7 Å². The number of carbonyl (C=O) groups is 1. The zero-order valence-electron chi connectivity index (χ0n) is 18.1. The van der Waals surface area contributed by atoms with Gasteiger partial charge in [-0.1, -0.05) is 37.6 Å². The van der Waals surface area contributed by atoms with Gasteiger partial charge in [-0.2, -0.15) is 10.2 Å². The van der Waals surface area contributed by atoms with E-state index in [1.54, 1.807) is 12.1 Å². The Kier molecular flexibility index (Phi) is 6.61. The Labute approximate surface area is 188 Å². The molecule has 0 radical (unpaired) electrons. The molecule has 3 aromatic rings. The van der Waals surface area contributed by atoms with Gasteiger partial charge in [0.15, 0.2) is 0 Å². The molecule has 1 unspecified atom stereocenters. The molecular formula is C25H26N6O. The standard InChI is InChI=1S/C25H26N6O/c1-2-7-20-15-23(30-25(28-20)29-21-11-6-8-18(14-21)16-26)31-13-12-22(17-31)27-24(32)19-9-4-3-5-10-19/h3-6,8-11,14-15,22H,2,7,12-13,17H2,1H3,(H,27,32)(H,28,29,30). The van der Waals surface area contributed by atoms with E-state index in [-0.39, 0.29) is 11.9 Å². The fraction of sp³-hybridized carbons (Fsp3) is 0.280. The van der Waals surface area contributed by atoms with Crippen LogP contribution < -0.4 is 15.5 Å². The maximum absolute atomic E-state index is 12.5. The maximum Gasteiger partial charge on any atom is 0.251 e. The van der Waals surface area contributed by atoms with Gasteiger partial charge in [0.1, 0.15) is 5.82 Å². The molecule has 0 spiro atoms. The molecule has 1 amide bonds. The van der Waals surface area contributed by atoms with Crippen molar-refractivity contribution in [1.29, 1.82) is 5.26 Å². The molecule has 1 aliphatic rings. The predicted molar refractivity (Wildman–Crippen MR) is 125 cm³/mol. The van der Waals surface area contributed by atoms with Crippen LogP contribution >= 0.6 is 0 Å². The topological polar surface area (TPSA) is 93.9 Å². The van der Waals surface area contributed by atoms with Crippen molar-refractivity contribution in [2.24, 2.45) is 0 Å². The highest BCUT2D eigenvalue weighted by molar-refractivity contribution is 5.94. The quantitative estimate of drug-likeness (QED) is 0.592. The van der Waals surface area contributed by atoms with Gasteiger partial charge >= 0.3 is 0 Å². The second kappa shape index (κ2) is 9.92. The molecule has 0 bridgehead atoms. The van der Waals surface area contributed by atoms with E-state index >= 15 is 0 Å². The molecule has 1 atom stereocenters. The van der Waals surface area contributed by atoms with Crippen LogP contribution in [0.5, 0.6) is 0 Å². The van der Waals surface area contributed by atoms with Gasteiger partial charge < -0.3 is 15.5 Å². The third-order valence-electron chi connectivity index (χ3n) is 5.40. The molecule has 2 heterocycles. The number of hydrogen-bond donors (Lipinski definition) is 2. The third-order valence-corrected chi connectivity index (χ3v) is 5.40.